The Hall–Kier alpha value is -1.55. The third kappa shape index (κ3) is 1.33. The zero-order chi connectivity index (χ0) is 10.1. The van der Waals surface area contributed by atoms with E-state index < -0.39 is 10.7 Å². The van der Waals surface area contributed by atoms with E-state index in [-0.39, 0.29) is 10.6 Å². The number of hydrogen-bond acceptors (Lipinski definition) is 3. The SMILES string of the molecule is O=[SH](=O)c1c(O)c[c]c2ccccc12. The molecule has 0 amide bonds. The second-order valence-electron chi connectivity index (χ2n) is 2.83. The van der Waals surface area contributed by atoms with Gasteiger partial charge in [0.1, 0.15) is 10.6 Å². The lowest BCUT2D eigenvalue weighted by atomic mass is 10.1. The Bertz CT molecular complexity index is 550. The summed E-state index contributed by atoms with van der Waals surface area (Å²) >= 11 is 0. The Balaban J connectivity index is 2.97. The molecule has 0 saturated heterocycles. The number of phenolic OH excluding ortho intramolecular Hbond substituents is 1. The number of phenols is 1. The summed E-state index contributed by atoms with van der Waals surface area (Å²) in [6.07, 6.45) is 0. The van der Waals surface area contributed by atoms with Crippen molar-refractivity contribution in [2.75, 3.05) is 0 Å². The van der Waals surface area contributed by atoms with Gasteiger partial charge in [-0.1, -0.05) is 24.3 Å². The molecule has 4 heteroatoms. The van der Waals surface area contributed by atoms with Crippen LogP contribution in [0.5, 0.6) is 5.75 Å². The smallest absolute Gasteiger partial charge is 0.172 e. The first kappa shape index (κ1) is 9.02. The summed E-state index contributed by atoms with van der Waals surface area (Å²) in [6, 6.07) is 11.0. The van der Waals surface area contributed by atoms with Crippen LogP contribution in [0, 0.1) is 6.07 Å². The molecule has 0 unspecified atom stereocenters. The molecule has 2 rings (SSSR count). The van der Waals surface area contributed by atoms with Crippen LogP contribution in [0.3, 0.4) is 0 Å². The topological polar surface area (TPSA) is 54.4 Å². The van der Waals surface area contributed by atoms with Gasteiger partial charge in [-0.2, -0.15) is 0 Å². The maximum Gasteiger partial charge on any atom is 0.172 e. The highest BCUT2D eigenvalue weighted by Crippen LogP contribution is 2.27. The summed E-state index contributed by atoms with van der Waals surface area (Å²) in [5.41, 5.74) is 0. The minimum absolute atomic E-state index is 0.0330. The molecule has 0 aliphatic heterocycles. The van der Waals surface area contributed by atoms with Crippen molar-refractivity contribution in [1.82, 2.24) is 0 Å². The van der Waals surface area contributed by atoms with Gasteiger partial charge in [0.15, 0.2) is 10.7 Å². The number of hydrogen-bond donors (Lipinski definition) is 2. The monoisotopic (exact) mass is 207 g/mol. The largest absolute Gasteiger partial charge is 0.507 e. The van der Waals surface area contributed by atoms with E-state index in [9.17, 15) is 13.5 Å². The number of fused-ring (bicyclic) bond motifs is 1. The molecule has 1 radical (unpaired) electrons. The van der Waals surface area contributed by atoms with Crippen LogP contribution in [0.25, 0.3) is 10.8 Å². The maximum atomic E-state index is 10.9. The molecule has 3 nitrogen and oxygen atoms in total. The molecular formula is C10H7O3S. The zero-order valence-corrected chi connectivity index (χ0v) is 7.99. The van der Waals surface area contributed by atoms with Crippen molar-refractivity contribution in [2.45, 2.75) is 4.90 Å². The molecule has 0 aliphatic carbocycles. The number of aromatic hydroxyl groups is 1. The Morgan fingerprint density at radius 2 is 1.93 bits per heavy atom. The van der Waals surface area contributed by atoms with Crippen molar-refractivity contribution >= 4 is 21.5 Å². The van der Waals surface area contributed by atoms with E-state index in [1.54, 1.807) is 24.3 Å². The molecule has 0 aromatic heterocycles. The van der Waals surface area contributed by atoms with Crippen molar-refractivity contribution in [3.05, 3.63) is 36.4 Å². The minimum Gasteiger partial charge on any atom is -0.507 e. The van der Waals surface area contributed by atoms with E-state index in [1.807, 2.05) is 0 Å². The lowest BCUT2D eigenvalue weighted by Crippen LogP contribution is -1.84. The van der Waals surface area contributed by atoms with Crippen LogP contribution in [0.2, 0.25) is 0 Å². The Morgan fingerprint density at radius 1 is 1.21 bits per heavy atom. The van der Waals surface area contributed by atoms with Crippen LogP contribution in [0.15, 0.2) is 35.2 Å². The summed E-state index contributed by atoms with van der Waals surface area (Å²) < 4.78 is 21.8. The van der Waals surface area contributed by atoms with Crippen LogP contribution < -0.4 is 0 Å². The van der Waals surface area contributed by atoms with Gasteiger partial charge in [-0.15, -0.1) is 0 Å². The van der Waals surface area contributed by atoms with E-state index in [0.29, 0.717) is 10.8 Å². The normalized spacial score (nSPS) is 10.9. The summed E-state index contributed by atoms with van der Waals surface area (Å²) in [7, 11) is -2.79. The van der Waals surface area contributed by atoms with Gasteiger partial charge in [-0.05, 0) is 17.5 Å². The zero-order valence-electron chi connectivity index (χ0n) is 7.10. The Morgan fingerprint density at radius 3 is 2.64 bits per heavy atom. The molecule has 0 spiro atoms. The van der Waals surface area contributed by atoms with Gasteiger partial charge in [0.25, 0.3) is 0 Å². The molecule has 0 fully saturated rings. The van der Waals surface area contributed by atoms with E-state index >= 15 is 0 Å². The van der Waals surface area contributed by atoms with Crippen molar-refractivity contribution in [2.24, 2.45) is 0 Å². The molecule has 0 saturated carbocycles. The summed E-state index contributed by atoms with van der Waals surface area (Å²) in [6.45, 7) is 0. The number of thiol groups is 1. The standard InChI is InChI=1S/C10H7O3S/c11-9-6-5-7-3-1-2-4-8(7)10(9)14(12)13/h1-4,6,11,14H. The first-order valence-corrected chi connectivity index (χ1v) is 5.14. The van der Waals surface area contributed by atoms with Crippen LogP contribution in [-0.2, 0) is 10.7 Å². The Kier molecular flexibility index (Phi) is 2.13. The third-order valence-electron chi connectivity index (χ3n) is 1.97. The number of rotatable bonds is 1. The second-order valence-corrected chi connectivity index (χ2v) is 3.79. The van der Waals surface area contributed by atoms with Crippen LogP contribution in [0.1, 0.15) is 0 Å². The fourth-order valence-corrected chi connectivity index (χ4v) is 2.00. The van der Waals surface area contributed by atoms with Crippen LogP contribution in [0.4, 0.5) is 0 Å². The van der Waals surface area contributed by atoms with Gasteiger partial charge >= 0.3 is 0 Å². The average molecular weight is 207 g/mol. The second kappa shape index (κ2) is 3.31. The highest BCUT2D eigenvalue weighted by molar-refractivity contribution is 7.72. The molecule has 0 heterocycles. The van der Waals surface area contributed by atoms with Gasteiger partial charge in [0.05, 0.1) is 0 Å². The first-order chi connectivity index (χ1) is 6.70. The van der Waals surface area contributed by atoms with Crippen molar-refractivity contribution in [1.29, 1.82) is 0 Å². The number of benzene rings is 2. The van der Waals surface area contributed by atoms with E-state index in [4.69, 9.17) is 0 Å². The average Bonchev–Trinajstić information content (AvgIpc) is 2.17. The summed E-state index contributed by atoms with van der Waals surface area (Å²) in [5, 5.41) is 10.5. The molecule has 2 aromatic rings. The maximum absolute atomic E-state index is 10.9. The highest BCUT2D eigenvalue weighted by atomic mass is 32.2. The molecule has 0 atom stereocenters. The molecule has 14 heavy (non-hydrogen) atoms. The van der Waals surface area contributed by atoms with Crippen LogP contribution >= 0.6 is 0 Å². The molecular weight excluding hydrogens is 200 g/mol. The van der Waals surface area contributed by atoms with Gasteiger partial charge < -0.3 is 5.11 Å². The molecule has 0 bridgehead atoms. The predicted molar refractivity (Wildman–Crippen MR) is 53.0 cm³/mol. The Labute approximate surface area is 82.6 Å². The minimum atomic E-state index is -2.79. The quantitative estimate of drug-likeness (QED) is 0.693. The van der Waals surface area contributed by atoms with Crippen LogP contribution in [-0.4, -0.2) is 13.5 Å². The lowest BCUT2D eigenvalue weighted by molar-refractivity contribution is 0.461. The van der Waals surface area contributed by atoms with Gasteiger partial charge in [0.2, 0.25) is 0 Å². The summed E-state index contributed by atoms with van der Waals surface area (Å²) in [5.74, 6) is -0.250. The van der Waals surface area contributed by atoms with Crippen molar-refractivity contribution in [3.8, 4) is 5.75 Å². The first-order valence-electron chi connectivity index (χ1n) is 3.97. The van der Waals surface area contributed by atoms with E-state index in [2.05, 4.69) is 6.07 Å². The molecule has 0 aliphatic rings. The predicted octanol–water partition coefficient (Wildman–Crippen LogP) is 1.32. The summed E-state index contributed by atoms with van der Waals surface area (Å²) in [4.78, 5) is -0.0330. The molecule has 71 valence electrons. The fraction of sp³-hybridized carbons (Fsp3) is 0. The van der Waals surface area contributed by atoms with Crippen molar-refractivity contribution in [3.63, 3.8) is 0 Å². The van der Waals surface area contributed by atoms with Gasteiger partial charge in [0, 0.05) is 5.39 Å². The molecule has 1 N–H and O–H groups in total. The highest BCUT2D eigenvalue weighted by Gasteiger charge is 2.08. The fourth-order valence-electron chi connectivity index (χ4n) is 1.36. The third-order valence-corrected chi connectivity index (χ3v) is 2.81. The van der Waals surface area contributed by atoms with Crippen molar-refractivity contribution < 1.29 is 13.5 Å². The lowest BCUT2D eigenvalue weighted by Gasteiger charge is -2.01. The van der Waals surface area contributed by atoms with Gasteiger partial charge in [-0.3, -0.25) is 0 Å². The van der Waals surface area contributed by atoms with Gasteiger partial charge in [-0.25, -0.2) is 8.42 Å². The van der Waals surface area contributed by atoms with E-state index in [1.165, 1.54) is 6.07 Å². The van der Waals surface area contributed by atoms with E-state index in [0.717, 1.165) is 0 Å². The molecule has 2 aromatic carbocycles.